The SMILES string of the molecule is N#Cc1ccccc1Sc1ccc(C(=O)NC2CN3CCC2CC3)cc1. The van der Waals surface area contributed by atoms with Gasteiger partial charge in [-0.3, -0.25) is 4.79 Å². The topological polar surface area (TPSA) is 56.1 Å². The first kappa shape index (κ1) is 17.1. The number of piperidine rings is 3. The summed E-state index contributed by atoms with van der Waals surface area (Å²) < 4.78 is 0. The Hall–Kier alpha value is -2.29. The van der Waals surface area contributed by atoms with Crippen LogP contribution in [0.4, 0.5) is 0 Å². The summed E-state index contributed by atoms with van der Waals surface area (Å²) in [6.07, 6.45) is 2.39. The maximum atomic E-state index is 12.6. The van der Waals surface area contributed by atoms with Gasteiger partial charge in [0.1, 0.15) is 6.07 Å². The second kappa shape index (κ2) is 7.53. The number of hydrogen-bond donors (Lipinski definition) is 1. The van der Waals surface area contributed by atoms with Crippen LogP contribution in [0.15, 0.2) is 58.3 Å². The largest absolute Gasteiger partial charge is 0.348 e. The predicted octanol–water partition coefficient (Wildman–Crippen LogP) is 3.53. The molecule has 3 heterocycles. The van der Waals surface area contributed by atoms with Crippen molar-refractivity contribution in [3.63, 3.8) is 0 Å². The zero-order valence-electron chi connectivity index (χ0n) is 14.5. The fourth-order valence-corrected chi connectivity index (χ4v) is 4.73. The number of benzene rings is 2. The highest BCUT2D eigenvalue weighted by atomic mass is 32.2. The summed E-state index contributed by atoms with van der Waals surface area (Å²) in [7, 11) is 0. The van der Waals surface area contributed by atoms with Gasteiger partial charge in [-0.1, -0.05) is 23.9 Å². The highest BCUT2D eigenvalue weighted by molar-refractivity contribution is 7.99. The highest BCUT2D eigenvalue weighted by Gasteiger charge is 2.34. The molecule has 0 aromatic heterocycles. The molecule has 0 aliphatic carbocycles. The smallest absolute Gasteiger partial charge is 0.251 e. The molecular formula is C21H21N3OS. The van der Waals surface area contributed by atoms with Crippen LogP contribution in [0.1, 0.15) is 28.8 Å². The van der Waals surface area contributed by atoms with E-state index in [1.807, 2.05) is 48.5 Å². The van der Waals surface area contributed by atoms with Gasteiger partial charge < -0.3 is 10.2 Å². The molecule has 132 valence electrons. The van der Waals surface area contributed by atoms with Crippen molar-refractivity contribution in [1.82, 2.24) is 10.2 Å². The van der Waals surface area contributed by atoms with Gasteiger partial charge in [0, 0.05) is 27.9 Å². The minimum absolute atomic E-state index is 0.0118. The Morgan fingerprint density at radius 2 is 1.85 bits per heavy atom. The maximum absolute atomic E-state index is 12.6. The molecule has 3 aliphatic rings. The van der Waals surface area contributed by atoms with Crippen molar-refractivity contribution in [3.8, 4) is 6.07 Å². The van der Waals surface area contributed by atoms with Crippen LogP contribution in [0.3, 0.4) is 0 Å². The first-order valence-corrected chi connectivity index (χ1v) is 9.85. The third-order valence-corrected chi connectivity index (χ3v) is 6.41. The summed E-state index contributed by atoms with van der Waals surface area (Å²) in [5, 5.41) is 12.4. The standard InChI is InChI=1S/C21H21N3OS/c22-13-17-3-1-2-4-20(17)26-18-7-5-16(6-8-18)21(25)23-19-14-24-11-9-15(19)10-12-24/h1-8,15,19H,9-12,14H2,(H,23,25). The lowest BCUT2D eigenvalue weighted by molar-refractivity contribution is 0.0620. The molecule has 26 heavy (non-hydrogen) atoms. The Kier molecular flexibility index (Phi) is 4.96. The van der Waals surface area contributed by atoms with Gasteiger partial charge in [-0.2, -0.15) is 5.26 Å². The molecule has 0 saturated carbocycles. The van der Waals surface area contributed by atoms with Crippen LogP contribution < -0.4 is 5.32 Å². The van der Waals surface area contributed by atoms with Gasteiger partial charge in [0.2, 0.25) is 0 Å². The quantitative estimate of drug-likeness (QED) is 0.903. The number of amides is 1. The summed E-state index contributed by atoms with van der Waals surface area (Å²) in [4.78, 5) is 17.0. The molecule has 0 spiro atoms. The van der Waals surface area contributed by atoms with E-state index < -0.39 is 0 Å². The van der Waals surface area contributed by atoms with E-state index in [0.717, 1.165) is 16.3 Å². The van der Waals surface area contributed by atoms with Crippen LogP contribution in [0.5, 0.6) is 0 Å². The molecule has 1 atom stereocenters. The molecule has 3 fully saturated rings. The number of hydrogen-bond acceptors (Lipinski definition) is 4. The summed E-state index contributed by atoms with van der Waals surface area (Å²) >= 11 is 1.54. The van der Waals surface area contributed by atoms with Crippen LogP contribution in [-0.4, -0.2) is 36.5 Å². The van der Waals surface area contributed by atoms with Gasteiger partial charge >= 0.3 is 0 Å². The molecule has 1 unspecified atom stereocenters. The van der Waals surface area contributed by atoms with Crippen molar-refractivity contribution in [2.24, 2.45) is 5.92 Å². The van der Waals surface area contributed by atoms with Gasteiger partial charge in [0.15, 0.2) is 0 Å². The van der Waals surface area contributed by atoms with Crippen molar-refractivity contribution in [2.45, 2.75) is 28.7 Å². The molecule has 1 N–H and O–H groups in total. The molecule has 2 aromatic carbocycles. The lowest BCUT2D eigenvalue weighted by Gasteiger charge is -2.44. The predicted molar refractivity (Wildman–Crippen MR) is 102 cm³/mol. The fraction of sp³-hybridized carbons (Fsp3) is 0.333. The van der Waals surface area contributed by atoms with Crippen LogP contribution in [0, 0.1) is 17.2 Å². The van der Waals surface area contributed by atoms with Crippen molar-refractivity contribution >= 4 is 17.7 Å². The second-order valence-electron chi connectivity index (χ2n) is 6.95. The molecule has 5 heteroatoms. The van der Waals surface area contributed by atoms with E-state index in [-0.39, 0.29) is 11.9 Å². The van der Waals surface area contributed by atoms with E-state index in [4.69, 9.17) is 0 Å². The molecule has 3 aliphatic heterocycles. The van der Waals surface area contributed by atoms with E-state index >= 15 is 0 Å². The molecule has 3 saturated heterocycles. The first-order chi connectivity index (χ1) is 12.7. The molecule has 2 aromatic rings. The minimum atomic E-state index is 0.0118. The molecule has 4 nitrogen and oxygen atoms in total. The molecule has 0 radical (unpaired) electrons. The van der Waals surface area contributed by atoms with E-state index in [9.17, 15) is 10.1 Å². The third kappa shape index (κ3) is 3.62. The van der Waals surface area contributed by atoms with Crippen molar-refractivity contribution in [3.05, 3.63) is 59.7 Å². The Bertz CT molecular complexity index is 835. The molecular weight excluding hydrogens is 342 g/mol. The van der Waals surface area contributed by atoms with Gasteiger partial charge in [0.05, 0.1) is 5.56 Å². The number of carbonyl (C=O) groups is 1. The lowest BCUT2D eigenvalue weighted by Crippen LogP contribution is -2.57. The Morgan fingerprint density at radius 1 is 1.12 bits per heavy atom. The molecule has 5 rings (SSSR count). The van der Waals surface area contributed by atoms with Gasteiger partial charge in [-0.25, -0.2) is 0 Å². The average molecular weight is 363 g/mol. The summed E-state index contributed by atoms with van der Waals surface area (Å²) in [6.45, 7) is 3.33. The Labute approximate surface area is 158 Å². The summed E-state index contributed by atoms with van der Waals surface area (Å²) in [5.41, 5.74) is 1.36. The number of rotatable bonds is 4. The van der Waals surface area contributed by atoms with Crippen molar-refractivity contribution < 1.29 is 4.79 Å². The number of fused-ring (bicyclic) bond motifs is 3. The minimum Gasteiger partial charge on any atom is -0.348 e. The Morgan fingerprint density at radius 3 is 2.50 bits per heavy atom. The van der Waals surface area contributed by atoms with E-state index in [1.54, 1.807) is 11.8 Å². The van der Waals surface area contributed by atoms with Gasteiger partial charge in [-0.05, 0) is 68.2 Å². The van der Waals surface area contributed by atoms with Crippen LogP contribution in [-0.2, 0) is 0 Å². The summed E-state index contributed by atoms with van der Waals surface area (Å²) in [6, 6.07) is 17.7. The average Bonchev–Trinajstić information content (AvgIpc) is 2.70. The Balaban J connectivity index is 1.41. The molecule has 1 amide bonds. The number of nitrogens with zero attached hydrogens (tertiary/aromatic N) is 2. The van der Waals surface area contributed by atoms with Crippen LogP contribution >= 0.6 is 11.8 Å². The highest BCUT2D eigenvalue weighted by Crippen LogP contribution is 2.31. The van der Waals surface area contributed by atoms with Crippen molar-refractivity contribution in [1.29, 1.82) is 5.26 Å². The number of carbonyl (C=O) groups excluding carboxylic acids is 1. The molecule has 2 bridgehead atoms. The van der Waals surface area contributed by atoms with Crippen LogP contribution in [0.25, 0.3) is 0 Å². The zero-order valence-corrected chi connectivity index (χ0v) is 15.3. The monoisotopic (exact) mass is 363 g/mol. The second-order valence-corrected chi connectivity index (χ2v) is 8.07. The van der Waals surface area contributed by atoms with E-state index in [2.05, 4.69) is 16.3 Å². The van der Waals surface area contributed by atoms with Crippen LogP contribution in [0.2, 0.25) is 0 Å². The number of nitrogens with one attached hydrogen (secondary N) is 1. The first-order valence-electron chi connectivity index (χ1n) is 9.03. The van der Waals surface area contributed by atoms with Gasteiger partial charge in [-0.15, -0.1) is 0 Å². The number of nitriles is 1. The third-order valence-electron chi connectivity index (χ3n) is 5.32. The van der Waals surface area contributed by atoms with Gasteiger partial charge in [0.25, 0.3) is 5.91 Å². The zero-order chi connectivity index (χ0) is 17.9. The van der Waals surface area contributed by atoms with Crippen molar-refractivity contribution in [2.75, 3.05) is 19.6 Å². The van der Waals surface area contributed by atoms with E-state index in [1.165, 1.54) is 25.9 Å². The fourth-order valence-electron chi connectivity index (χ4n) is 3.83. The summed E-state index contributed by atoms with van der Waals surface area (Å²) in [5.74, 6) is 0.638. The van der Waals surface area contributed by atoms with E-state index in [0.29, 0.717) is 17.0 Å². The lowest BCUT2D eigenvalue weighted by atomic mass is 9.84. The normalized spacial score (nSPS) is 24.0. The maximum Gasteiger partial charge on any atom is 0.251 e.